The molecule has 4 nitrogen and oxygen atoms in total. The number of methoxy groups -OCH3 is 1. The highest BCUT2D eigenvalue weighted by Gasteiger charge is 2.15. The first-order chi connectivity index (χ1) is 9.31. The van der Waals surface area contributed by atoms with Crippen molar-refractivity contribution in [2.24, 2.45) is 5.92 Å². The molecule has 0 spiro atoms. The fourth-order valence-electron chi connectivity index (χ4n) is 2.38. The molecule has 0 aromatic heterocycles. The van der Waals surface area contributed by atoms with Crippen molar-refractivity contribution in [1.29, 1.82) is 0 Å². The van der Waals surface area contributed by atoms with E-state index in [0.29, 0.717) is 23.8 Å². The quantitative estimate of drug-likeness (QED) is 0.828. The van der Waals surface area contributed by atoms with E-state index in [9.17, 15) is 4.79 Å². The number of benzene rings is 1. The normalized spacial score (nSPS) is 18.9. The van der Waals surface area contributed by atoms with E-state index in [-0.39, 0.29) is 5.97 Å². The smallest absolute Gasteiger partial charge is 0.341 e. The van der Waals surface area contributed by atoms with Crippen LogP contribution in [0.1, 0.15) is 29.6 Å². The fraction of sp³-hybridized carbons (Fsp3) is 0.533. The molecule has 0 bridgehead atoms. The lowest BCUT2D eigenvalue weighted by Crippen LogP contribution is -2.30. The van der Waals surface area contributed by atoms with E-state index < -0.39 is 0 Å². The van der Waals surface area contributed by atoms with Crippen LogP contribution in [0.15, 0.2) is 24.3 Å². The van der Waals surface area contributed by atoms with Crippen LogP contribution >= 0.6 is 0 Å². The van der Waals surface area contributed by atoms with E-state index in [4.69, 9.17) is 9.47 Å². The van der Waals surface area contributed by atoms with Gasteiger partial charge in [-0.05, 0) is 50.4 Å². The van der Waals surface area contributed by atoms with Gasteiger partial charge in [-0.2, -0.15) is 0 Å². The third-order valence-electron chi connectivity index (χ3n) is 3.47. The zero-order valence-electron chi connectivity index (χ0n) is 11.4. The highest BCUT2D eigenvalue weighted by atomic mass is 16.5. The number of rotatable bonds is 5. The average Bonchev–Trinajstić information content (AvgIpc) is 2.48. The van der Waals surface area contributed by atoms with Crippen molar-refractivity contribution in [2.45, 2.75) is 19.3 Å². The molecular weight excluding hydrogens is 242 g/mol. The maximum Gasteiger partial charge on any atom is 0.341 e. The van der Waals surface area contributed by atoms with E-state index in [2.05, 4.69) is 5.32 Å². The number of hydrogen-bond donors (Lipinski definition) is 1. The summed E-state index contributed by atoms with van der Waals surface area (Å²) in [6.07, 6.45) is 3.51. The van der Waals surface area contributed by atoms with E-state index in [1.807, 2.05) is 18.2 Å². The third-order valence-corrected chi connectivity index (χ3v) is 3.47. The molecular formula is C15H21NO3. The number of ether oxygens (including phenoxy) is 2. The number of esters is 1. The first-order valence-electron chi connectivity index (χ1n) is 6.82. The third kappa shape index (κ3) is 3.96. The molecule has 0 saturated carbocycles. The Morgan fingerprint density at radius 3 is 3.00 bits per heavy atom. The largest absolute Gasteiger partial charge is 0.493 e. The average molecular weight is 263 g/mol. The van der Waals surface area contributed by atoms with Crippen molar-refractivity contribution >= 4 is 5.97 Å². The van der Waals surface area contributed by atoms with Gasteiger partial charge in [-0.3, -0.25) is 0 Å². The summed E-state index contributed by atoms with van der Waals surface area (Å²) in [5, 5.41) is 3.39. The summed E-state index contributed by atoms with van der Waals surface area (Å²) in [5.74, 6) is 0.937. The van der Waals surface area contributed by atoms with Crippen LogP contribution in [0.2, 0.25) is 0 Å². The van der Waals surface area contributed by atoms with Crippen LogP contribution in [0.3, 0.4) is 0 Å². The molecule has 1 aliphatic rings. The van der Waals surface area contributed by atoms with Gasteiger partial charge in [0.1, 0.15) is 11.3 Å². The van der Waals surface area contributed by atoms with Crippen LogP contribution in [0, 0.1) is 5.92 Å². The van der Waals surface area contributed by atoms with Gasteiger partial charge in [-0.25, -0.2) is 4.79 Å². The molecule has 1 atom stereocenters. The summed E-state index contributed by atoms with van der Waals surface area (Å²) in [6, 6.07) is 7.21. The minimum absolute atomic E-state index is 0.352. The molecule has 1 aromatic carbocycles. The van der Waals surface area contributed by atoms with Crippen molar-refractivity contribution in [3.63, 3.8) is 0 Å². The van der Waals surface area contributed by atoms with Gasteiger partial charge in [0.05, 0.1) is 13.7 Å². The van der Waals surface area contributed by atoms with Gasteiger partial charge in [0.25, 0.3) is 0 Å². The molecule has 1 saturated heterocycles. The minimum atomic E-state index is -0.352. The van der Waals surface area contributed by atoms with Crippen molar-refractivity contribution < 1.29 is 14.3 Å². The molecule has 2 rings (SSSR count). The molecule has 1 aromatic rings. The van der Waals surface area contributed by atoms with Gasteiger partial charge < -0.3 is 14.8 Å². The zero-order valence-corrected chi connectivity index (χ0v) is 11.4. The number of hydrogen-bond acceptors (Lipinski definition) is 4. The maximum absolute atomic E-state index is 11.6. The van der Waals surface area contributed by atoms with Crippen LogP contribution in [-0.2, 0) is 4.74 Å². The molecule has 0 amide bonds. The van der Waals surface area contributed by atoms with Gasteiger partial charge >= 0.3 is 5.97 Å². The molecule has 1 N–H and O–H groups in total. The second-order valence-corrected chi connectivity index (χ2v) is 4.84. The van der Waals surface area contributed by atoms with Gasteiger partial charge in [0.2, 0.25) is 0 Å². The Balaban J connectivity index is 1.86. The standard InChI is InChI=1S/C15H21NO3/c1-18-15(17)13-6-2-3-7-14(13)19-10-8-12-5-4-9-16-11-12/h2-3,6-7,12,16H,4-5,8-11H2,1H3. The summed E-state index contributed by atoms with van der Waals surface area (Å²) >= 11 is 0. The van der Waals surface area contributed by atoms with E-state index >= 15 is 0 Å². The first kappa shape index (κ1) is 13.9. The molecule has 0 radical (unpaired) electrons. The van der Waals surface area contributed by atoms with E-state index in [1.165, 1.54) is 20.0 Å². The Labute approximate surface area is 114 Å². The molecule has 104 valence electrons. The Bertz CT molecular complexity index is 414. The predicted octanol–water partition coefficient (Wildman–Crippen LogP) is 2.24. The highest BCUT2D eigenvalue weighted by molar-refractivity contribution is 5.92. The molecule has 0 aliphatic carbocycles. The molecule has 1 aliphatic heterocycles. The van der Waals surface area contributed by atoms with Crippen LogP contribution in [0.25, 0.3) is 0 Å². The van der Waals surface area contributed by atoms with Crippen LogP contribution in [-0.4, -0.2) is 32.8 Å². The summed E-state index contributed by atoms with van der Waals surface area (Å²) in [7, 11) is 1.38. The number of piperidine rings is 1. The van der Waals surface area contributed by atoms with Crippen molar-refractivity contribution in [3.8, 4) is 5.75 Å². The molecule has 4 heteroatoms. The Morgan fingerprint density at radius 2 is 2.26 bits per heavy atom. The summed E-state index contributed by atoms with van der Waals surface area (Å²) < 4.78 is 10.5. The SMILES string of the molecule is COC(=O)c1ccccc1OCCC1CCCNC1. The van der Waals surface area contributed by atoms with Crippen LogP contribution < -0.4 is 10.1 Å². The van der Waals surface area contributed by atoms with E-state index in [1.54, 1.807) is 6.07 Å². The van der Waals surface area contributed by atoms with Crippen LogP contribution in [0.4, 0.5) is 0 Å². The Hall–Kier alpha value is -1.55. The molecule has 1 fully saturated rings. The monoisotopic (exact) mass is 263 g/mol. The second-order valence-electron chi connectivity index (χ2n) is 4.84. The topological polar surface area (TPSA) is 47.6 Å². The Kier molecular flexibility index (Phi) is 5.21. The zero-order chi connectivity index (χ0) is 13.5. The first-order valence-corrected chi connectivity index (χ1v) is 6.82. The Morgan fingerprint density at radius 1 is 1.42 bits per heavy atom. The van der Waals surface area contributed by atoms with Crippen molar-refractivity contribution in [3.05, 3.63) is 29.8 Å². The second kappa shape index (κ2) is 7.14. The van der Waals surface area contributed by atoms with Crippen molar-refractivity contribution in [1.82, 2.24) is 5.32 Å². The van der Waals surface area contributed by atoms with Gasteiger partial charge in [-0.1, -0.05) is 12.1 Å². The predicted molar refractivity (Wildman–Crippen MR) is 73.5 cm³/mol. The number of nitrogens with one attached hydrogen (secondary N) is 1. The summed E-state index contributed by atoms with van der Waals surface area (Å²) in [5.41, 5.74) is 0.492. The number of carbonyl (C=O) groups is 1. The van der Waals surface area contributed by atoms with Gasteiger partial charge in [0.15, 0.2) is 0 Å². The lowest BCUT2D eigenvalue weighted by Gasteiger charge is -2.22. The number of carbonyl (C=O) groups excluding carboxylic acids is 1. The summed E-state index contributed by atoms with van der Waals surface area (Å²) in [6.45, 7) is 2.84. The van der Waals surface area contributed by atoms with Crippen molar-refractivity contribution in [2.75, 3.05) is 26.8 Å². The molecule has 1 heterocycles. The summed E-state index contributed by atoms with van der Waals surface area (Å²) in [4.78, 5) is 11.6. The number of para-hydroxylation sites is 1. The maximum atomic E-state index is 11.6. The van der Waals surface area contributed by atoms with Gasteiger partial charge in [-0.15, -0.1) is 0 Å². The lowest BCUT2D eigenvalue weighted by atomic mass is 9.97. The minimum Gasteiger partial charge on any atom is -0.493 e. The fourth-order valence-corrected chi connectivity index (χ4v) is 2.38. The van der Waals surface area contributed by atoms with Gasteiger partial charge in [0, 0.05) is 0 Å². The molecule has 19 heavy (non-hydrogen) atoms. The van der Waals surface area contributed by atoms with Crippen LogP contribution in [0.5, 0.6) is 5.75 Å². The molecule has 1 unspecified atom stereocenters. The highest BCUT2D eigenvalue weighted by Crippen LogP contribution is 2.20. The van der Waals surface area contributed by atoms with E-state index in [0.717, 1.165) is 19.5 Å². The lowest BCUT2D eigenvalue weighted by molar-refractivity contribution is 0.0595.